The van der Waals surface area contributed by atoms with E-state index in [0.29, 0.717) is 0 Å². The van der Waals surface area contributed by atoms with Crippen LogP contribution in [-0.2, 0) is 11.8 Å². The lowest BCUT2D eigenvalue weighted by Crippen LogP contribution is -2.23. The normalized spacial score (nSPS) is 12.2. The number of carbonyl (C=O) groups excluding carboxylic acids is 1. The van der Waals surface area contributed by atoms with Crippen molar-refractivity contribution in [2.45, 2.75) is 31.2 Å². The third-order valence-corrected chi connectivity index (χ3v) is 4.11. The van der Waals surface area contributed by atoms with Crippen LogP contribution in [0.2, 0.25) is 0 Å². The maximum Gasteiger partial charge on any atom is 0.237 e. The monoisotopic (exact) mass is 290 g/mol. The van der Waals surface area contributed by atoms with Gasteiger partial charge in [-0.1, -0.05) is 29.5 Å². The Morgan fingerprint density at radius 1 is 1.40 bits per heavy atom. The van der Waals surface area contributed by atoms with Crippen LogP contribution in [0.15, 0.2) is 29.7 Å². The van der Waals surface area contributed by atoms with Gasteiger partial charge in [-0.2, -0.15) is 0 Å². The van der Waals surface area contributed by atoms with Crippen LogP contribution in [0.25, 0.3) is 0 Å². The lowest BCUT2D eigenvalue weighted by Gasteiger charge is -2.13. The first kappa shape index (κ1) is 14.6. The lowest BCUT2D eigenvalue weighted by atomic mass is 10.1. The number of nitrogens with one attached hydrogen (secondary N) is 1. The number of hydrogen-bond acceptors (Lipinski definition) is 4. The molecule has 1 aromatic heterocycles. The molecular weight excluding hydrogens is 272 g/mol. The zero-order valence-electron chi connectivity index (χ0n) is 12.0. The van der Waals surface area contributed by atoms with Crippen LogP contribution in [0.1, 0.15) is 18.1 Å². The van der Waals surface area contributed by atoms with E-state index in [-0.39, 0.29) is 11.2 Å². The molecule has 1 aromatic carbocycles. The fraction of sp³-hybridized carbons (Fsp3) is 0.357. The predicted molar refractivity (Wildman–Crippen MR) is 80.9 cm³/mol. The molecule has 0 aliphatic rings. The summed E-state index contributed by atoms with van der Waals surface area (Å²) in [5.74, 6) is -0.0371. The van der Waals surface area contributed by atoms with E-state index < -0.39 is 0 Å². The number of thioether (sulfide) groups is 1. The van der Waals surface area contributed by atoms with Crippen LogP contribution in [0.4, 0.5) is 5.69 Å². The van der Waals surface area contributed by atoms with Gasteiger partial charge in [0.25, 0.3) is 0 Å². The summed E-state index contributed by atoms with van der Waals surface area (Å²) in [7, 11) is 1.86. The first-order valence-corrected chi connectivity index (χ1v) is 7.24. The standard InChI is InChI=1S/C14H18N4OS/c1-9-5-6-12(10(2)7-9)16-13(19)11(3)20-14-17-15-8-18(14)4/h5-8,11H,1-4H3,(H,16,19)/t11-/m0/s1. The minimum absolute atomic E-state index is 0.0371. The summed E-state index contributed by atoms with van der Waals surface area (Å²) >= 11 is 1.39. The molecule has 20 heavy (non-hydrogen) atoms. The van der Waals surface area contributed by atoms with Gasteiger partial charge in [0, 0.05) is 12.7 Å². The van der Waals surface area contributed by atoms with E-state index in [2.05, 4.69) is 21.6 Å². The molecule has 2 rings (SSSR count). The second-order valence-electron chi connectivity index (χ2n) is 4.79. The van der Waals surface area contributed by atoms with Crippen LogP contribution < -0.4 is 5.32 Å². The van der Waals surface area contributed by atoms with Gasteiger partial charge in [0.1, 0.15) is 6.33 Å². The highest BCUT2D eigenvalue weighted by Crippen LogP contribution is 2.22. The molecule has 0 bridgehead atoms. The highest BCUT2D eigenvalue weighted by atomic mass is 32.2. The minimum atomic E-state index is -0.237. The average molecular weight is 290 g/mol. The van der Waals surface area contributed by atoms with Crippen LogP contribution >= 0.6 is 11.8 Å². The van der Waals surface area contributed by atoms with Crippen molar-refractivity contribution >= 4 is 23.4 Å². The molecule has 5 nitrogen and oxygen atoms in total. The first-order chi connectivity index (χ1) is 9.47. The smallest absolute Gasteiger partial charge is 0.237 e. The first-order valence-electron chi connectivity index (χ1n) is 6.36. The summed E-state index contributed by atoms with van der Waals surface area (Å²) < 4.78 is 1.80. The highest BCUT2D eigenvalue weighted by molar-refractivity contribution is 8.00. The molecular formula is C14H18N4OS. The highest BCUT2D eigenvalue weighted by Gasteiger charge is 2.17. The zero-order valence-corrected chi connectivity index (χ0v) is 12.9. The fourth-order valence-electron chi connectivity index (χ4n) is 1.78. The Morgan fingerprint density at radius 2 is 2.15 bits per heavy atom. The van der Waals surface area contributed by atoms with Gasteiger partial charge < -0.3 is 9.88 Å². The molecule has 0 saturated heterocycles. The molecule has 0 aliphatic carbocycles. The second-order valence-corrected chi connectivity index (χ2v) is 6.10. The van der Waals surface area contributed by atoms with Gasteiger partial charge in [-0.15, -0.1) is 10.2 Å². The van der Waals surface area contributed by atoms with Gasteiger partial charge in [-0.05, 0) is 32.4 Å². The quantitative estimate of drug-likeness (QED) is 0.879. The van der Waals surface area contributed by atoms with Crippen molar-refractivity contribution in [3.05, 3.63) is 35.7 Å². The number of nitrogens with zero attached hydrogens (tertiary/aromatic N) is 3. The SMILES string of the molecule is Cc1ccc(NC(=O)[C@H](C)Sc2nncn2C)c(C)c1. The van der Waals surface area contributed by atoms with Crippen molar-refractivity contribution < 1.29 is 4.79 Å². The summed E-state index contributed by atoms with van der Waals surface area (Å²) in [5, 5.41) is 11.2. The average Bonchev–Trinajstić information content (AvgIpc) is 2.78. The number of carbonyl (C=O) groups is 1. The van der Waals surface area contributed by atoms with Crippen LogP contribution in [-0.4, -0.2) is 25.9 Å². The lowest BCUT2D eigenvalue weighted by molar-refractivity contribution is -0.115. The van der Waals surface area contributed by atoms with E-state index >= 15 is 0 Å². The maximum atomic E-state index is 12.2. The van der Waals surface area contributed by atoms with E-state index in [1.54, 1.807) is 10.9 Å². The summed E-state index contributed by atoms with van der Waals surface area (Å²) in [6.07, 6.45) is 1.62. The number of aryl methyl sites for hydroxylation is 3. The molecule has 1 N–H and O–H groups in total. The zero-order chi connectivity index (χ0) is 14.7. The topological polar surface area (TPSA) is 59.8 Å². The van der Waals surface area contributed by atoms with E-state index in [0.717, 1.165) is 16.4 Å². The van der Waals surface area contributed by atoms with Crippen molar-refractivity contribution in [3.63, 3.8) is 0 Å². The van der Waals surface area contributed by atoms with Crippen molar-refractivity contribution in [1.29, 1.82) is 0 Å². The fourth-order valence-corrected chi connectivity index (χ4v) is 2.57. The van der Waals surface area contributed by atoms with E-state index in [1.807, 2.05) is 40.0 Å². The molecule has 1 amide bonds. The molecule has 106 valence electrons. The Balaban J connectivity index is 2.02. The third kappa shape index (κ3) is 3.39. The largest absolute Gasteiger partial charge is 0.325 e. The van der Waals surface area contributed by atoms with E-state index in [1.165, 1.54) is 17.3 Å². The van der Waals surface area contributed by atoms with E-state index in [4.69, 9.17) is 0 Å². The second kappa shape index (κ2) is 6.09. The Hall–Kier alpha value is -1.82. The van der Waals surface area contributed by atoms with Crippen molar-refractivity contribution in [1.82, 2.24) is 14.8 Å². The molecule has 1 atom stereocenters. The molecule has 0 saturated carbocycles. The van der Waals surface area contributed by atoms with Crippen molar-refractivity contribution in [2.24, 2.45) is 7.05 Å². The molecule has 0 unspecified atom stereocenters. The minimum Gasteiger partial charge on any atom is -0.325 e. The molecule has 0 aliphatic heterocycles. The molecule has 0 fully saturated rings. The Kier molecular flexibility index (Phi) is 4.44. The summed E-state index contributed by atoms with van der Waals surface area (Å²) in [4.78, 5) is 12.2. The van der Waals surface area contributed by atoms with Gasteiger partial charge >= 0.3 is 0 Å². The summed E-state index contributed by atoms with van der Waals surface area (Å²) in [5.41, 5.74) is 3.10. The molecule has 1 heterocycles. The summed E-state index contributed by atoms with van der Waals surface area (Å²) in [6, 6.07) is 5.97. The van der Waals surface area contributed by atoms with Crippen molar-refractivity contribution in [2.75, 3.05) is 5.32 Å². The molecule has 0 spiro atoms. The van der Waals surface area contributed by atoms with Crippen molar-refractivity contribution in [3.8, 4) is 0 Å². The molecule has 0 radical (unpaired) electrons. The number of hydrogen-bond donors (Lipinski definition) is 1. The number of rotatable bonds is 4. The Labute approximate surface area is 122 Å². The van der Waals surface area contributed by atoms with Gasteiger partial charge in [0.15, 0.2) is 5.16 Å². The van der Waals surface area contributed by atoms with Gasteiger partial charge in [-0.25, -0.2) is 0 Å². The van der Waals surface area contributed by atoms with Crippen LogP contribution in [0.3, 0.4) is 0 Å². The molecule has 2 aromatic rings. The third-order valence-electron chi connectivity index (χ3n) is 2.96. The van der Waals surface area contributed by atoms with E-state index in [9.17, 15) is 4.79 Å². The van der Waals surface area contributed by atoms with Gasteiger partial charge in [0.2, 0.25) is 5.91 Å². The van der Waals surface area contributed by atoms with Gasteiger partial charge in [-0.3, -0.25) is 4.79 Å². The van der Waals surface area contributed by atoms with Gasteiger partial charge in [0.05, 0.1) is 5.25 Å². The molecule has 6 heteroatoms. The number of anilines is 1. The summed E-state index contributed by atoms with van der Waals surface area (Å²) in [6.45, 7) is 5.88. The number of aromatic nitrogens is 3. The predicted octanol–water partition coefficient (Wildman–Crippen LogP) is 2.55. The number of amides is 1. The maximum absolute atomic E-state index is 12.2. The van der Waals surface area contributed by atoms with Crippen LogP contribution in [0, 0.1) is 13.8 Å². The Morgan fingerprint density at radius 3 is 2.75 bits per heavy atom. The number of benzene rings is 1. The Bertz CT molecular complexity index is 623. The van der Waals surface area contributed by atoms with Crippen LogP contribution in [0.5, 0.6) is 0 Å².